The molecule has 0 bridgehead atoms. The van der Waals surface area contributed by atoms with E-state index in [4.69, 9.17) is 14.2 Å². The molecule has 0 fully saturated rings. The number of fused-ring (bicyclic) bond motifs is 1. The van der Waals surface area contributed by atoms with Gasteiger partial charge in [-0.1, -0.05) is 18.2 Å². The Hall–Kier alpha value is -3.61. The highest BCUT2D eigenvalue weighted by atomic mass is 16.6. The summed E-state index contributed by atoms with van der Waals surface area (Å²) in [6, 6.07) is 14.7. The number of para-hydroxylation sites is 1. The average molecular weight is 392 g/mol. The molecule has 7 heteroatoms. The Bertz CT molecular complexity index is 1010. The van der Waals surface area contributed by atoms with Gasteiger partial charge in [0, 0.05) is 18.2 Å². The van der Waals surface area contributed by atoms with E-state index in [2.05, 4.69) is 5.10 Å². The van der Waals surface area contributed by atoms with E-state index >= 15 is 0 Å². The van der Waals surface area contributed by atoms with Crippen molar-refractivity contribution >= 4 is 11.8 Å². The molecule has 2 heterocycles. The Morgan fingerprint density at radius 2 is 1.83 bits per heavy atom. The fourth-order valence-corrected chi connectivity index (χ4v) is 2.98. The van der Waals surface area contributed by atoms with Crippen molar-refractivity contribution in [3.05, 3.63) is 72.1 Å². The number of benzene rings is 2. The SMILES string of the molecule is O=C(CCc1cnn(-c2ccccc2)c1)OCC(=O)c1ccc2c(c1)OCCO2. The molecule has 0 radical (unpaired) electrons. The molecule has 2 aromatic carbocycles. The largest absolute Gasteiger partial charge is 0.486 e. The summed E-state index contributed by atoms with van der Waals surface area (Å²) in [5, 5.41) is 4.30. The summed E-state index contributed by atoms with van der Waals surface area (Å²) in [7, 11) is 0. The minimum Gasteiger partial charge on any atom is -0.486 e. The predicted octanol–water partition coefficient (Wildman–Crippen LogP) is 3.00. The zero-order chi connectivity index (χ0) is 20.1. The zero-order valence-corrected chi connectivity index (χ0v) is 15.7. The molecule has 148 valence electrons. The highest BCUT2D eigenvalue weighted by Crippen LogP contribution is 2.30. The van der Waals surface area contributed by atoms with Crippen molar-refractivity contribution in [2.45, 2.75) is 12.8 Å². The van der Waals surface area contributed by atoms with Crippen molar-refractivity contribution in [1.82, 2.24) is 9.78 Å². The number of ketones is 1. The summed E-state index contributed by atoms with van der Waals surface area (Å²) in [5.41, 5.74) is 2.29. The maximum atomic E-state index is 12.3. The first-order valence-electron chi connectivity index (χ1n) is 9.36. The lowest BCUT2D eigenvalue weighted by Crippen LogP contribution is -2.17. The number of hydrogen-bond donors (Lipinski definition) is 0. The topological polar surface area (TPSA) is 79.7 Å². The summed E-state index contributed by atoms with van der Waals surface area (Å²) in [6.07, 6.45) is 4.27. The van der Waals surface area contributed by atoms with Gasteiger partial charge in [0.1, 0.15) is 13.2 Å². The fourth-order valence-electron chi connectivity index (χ4n) is 2.98. The molecule has 0 amide bonds. The van der Waals surface area contributed by atoms with E-state index in [9.17, 15) is 9.59 Å². The lowest BCUT2D eigenvalue weighted by Gasteiger charge is -2.18. The molecular formula is C22H20N2O5. The molecule has 29 heavy (non-hydrogen) atoms. The number of hydrogen-bond acceptors (Lipinski definition) is 6. The van der Waals surface area contributed by atoms with E-state index in [-0.39, 0.29) is 18.8 Å². The number of Topliss-reactive ketones (excluding diaryl/α,β-unsaturated/α-hetero) is 1. The number of esters is 1. The van der Waals surface area contributed by atoms with Crippen LogP contribution in [0.25, 0.3) is 5.69 Å². The van der Waals surface area contributed by atoms with Crippen LogP contribution in [-0.2, 0) is 16.0 Å². The van der Waals surface area contributed by atoms with E-state index in [1.54, 1.807) is 29.1 Å². The summed E-state index contributed by atoms with van der Waals surface area (Å²) in [5.74, 6) is 0.431. The number of aromatic nitrogens is 2. The first-order valence-corrected chi connectivity index (χ1v) is 9.36. The molecule has 1 aliphatic heterocycles. The molecule has 0 aliphatic carbocycles. The Morgan fingerprint density at radius 3 is 2.66 bits per heavy atom. The lowest BCUT2D eigenvalue weighted by molar-refractivity contribution is -0.142. The third-order valence-corrected chi connectivity index (χ3v) is 4.50. The highest BCUT2D eigenvalue weighted by Gasteiger charge is 2.16. The van der Waals surface area contributed by atoms with Crippen LogP contribution in [-0.4, -0.2) is 41.4 Å². The molecule has 0 N–H and O–H groups in total. The Morgan fingerprint density at radius 1 is 1.03 bits per heavy atom. The summed E-state index contributed by atoms with van der Waals surface area (Å²) in [6.45, 7) is 0.629. The molecule has 0 unspecified atom stereocenters. The van der Waals surface area contributed by atoms with E-state index in [0.717, 1.165) is 11.3 Å². The van der Waals surface area contributed by atoms with Crippen LogP contribution < -0.4 is 9.47 Å². The number of carbonyl (C=O) groups is 2. The Labute approximate surface area is 167 Å². The summed E-state index contributed by atoms with van der Waals surface area (Å²) >= 11 is 0. The minimum atomic E-state index is -0.427. The first-order chi connectivity index (χ1) is 14.2. The minimum absolute atomic E-state index is 0.175. The third-order valence-electron chi connectivity index (χ3n) is 4.50. The van der Waals surface area contributed by atoms with Crippen LogP contribution in [0.15, 0.2) is 60.9 Å². The van der Waals surface area contributed by atoms with Gasteiger partial charge in [-0.15, -0.1) is 0 Å². The highest BCUT2D eigenvalue weighted by molar-refractivity contribution is 5.98. The number of carbonyl (C=O) groups excluding carboxylic acids is 2. The Balaban J connectivity index is 1.26. The molecule has 1 aliphatic rings. The van der Waals surface area contributed by atoms with E-state index in [0.29, 0.717) is 36.7 Å². The van der Waals surface area contributed by atoms with Crippen molar-refractivity contribution in [3.8, 4) is 17.2 Å². The lowest BCUT2D eigenvalue weighted by atomic mass is 10.1. The number of ether oxygens (including phenoxy) is 3. The molecule has 0 spiro atoms. The average Bonchev–Trinajstić information content (AvgIpc) is 3.25. The van der Waals surface area contributed by atoms with E-state index < -0.39 is 5.97 Å². The molecule has 3 aromatic rings. The third kappa shape index (κ3) is 4.63. The van der Waals surface area contributed by atoms with Gasteiger partial charge in [-0.2, -0.15) is 5.10 Å². The van der Waals surface area contributed by atoms with Crippen LogP contribution in [0.2, 0.25) is 0 Å². The van der Waals surface area contributed by atoms with Crippen LogP contribution in [0.1, 0.15) is 22.3 Å². The molecule has 1 aromatic heterocycles. The second-order valence-corrected chi connectivity index (χ2v) is 6.57. The monoisotopic (exact) mass is 392 g/mol. The van der Waals surface area contributed by atoms with Crippen molar-refractivity contribution in [3.63, 3.8) is 0 Å². The van der Waals surface area contributed by atoms with Crippen molar-refractivity contribution in [2.24, 2.45) is 0 Å². The standard InChI is InChI=1S/C22H20N2O5/c25-19(17-7-8-20-21(12-17)28-11-10-27-20)15-29-22(26)9-6-16-13-23-24(14-16)18-4-2-1-3-5-18/h1-5,7-8,12-14H,6,9-11,15H2. The second kappa shape index (κ2) is 8.60. The van der Waals surface area contributed by atoms with Crippen LogP contribution in [0.3, 0.4) is 0 Å². The van der Waals surface area contributed by atoms with Gasteiger partial charge in [0.25, 0.3) is 0 Å². The molecule has 0 saturated carbocycles. The number of rotatable bonds is 7. The predicted molar refractivity (Wildman–Crippen MR) is 105 cm³/mol. The Kier molecular flexibility index (Phi) is 5.56. The summed E-state index contributed by atoms with van der Waals surface area (Å²) < 4.78 is 17.8. The molecule has 0 atom stereocenters. The van der Waals surface area contributed by atoms with Gasteiger partial charge in [-0.25, -0.2) is 4.68 Å². The maximum absolute atomic E-state index is 12.3. The zero-order valence-electron chi connectivity index (χ0n) is 15.7. The maximum Gasteiger partial charge on any atom is 0.306 e. The van der Waals surface area contributed by atoms with Gasteiger partial charge < -0.3 is 14.2 Å². The number of aryl methyl sites for hydroxylation is 1. The van der Waals surface area contributed by atoms with E-state index in [1.807, 2.05) is 36.5 Å². The van der Waals surface area contributed by atoms with Crippen LogP contribution in [0, 0.1) is 0 Å². The van der Waals surface area contributed by atoms with Gasteiger partial charge in [0.05, 0.1) is 11.9 Å². The summed E-state index contributed by atoms with van der Waals surface area (Å²) in [4.78, 5) is 24.3. The molecule has 7 nitrogen and oxygen atoms in total. The molecule has 0 saturated heterocycles. The number of nitrogens with zero attached hydrogens (tertiary/aromatic N) is 2. The molecule has 4 rings (SSSR count). The fraction of sp³-hybridized carbons (Fsp3) is 0.227. The van der Waals surface area contributed by atoms with Crippen molar-refractivity contribution < 1.29 is 23.8 Å². The quantitative estimate of drug-likeness (QED) is 0.454. The van der Waals surface area contributed by atoms with Crippen LogP contribution in [0.5, 0.6) is 11.5 Å². The van der Waals surface area contributed by atoms with Crippen LogP contribution in [0.4, 0.5) is 0 Å². The van der Waals surface area contributed by atoms with Gasteiger partial charge in [0.15, 0.2) is 23.9 Å². The van der Waals surface area contributed by atoms with Crippen molar-refractivity contribution in [1.29, 1.82) is 0 Å². The second-order valence-electron chi connectivity index (χ2n) is 6.57. The smallest absolute Gasteiger partial charge is 0.306 e. The van der Waals surface area contributed by atoms with Gasteiger partial charge in [-0.3, -0.25) is 9.59 Å². The molecular weight excluding hydrogens is 372 g/mol. The van der Waals surface area contributed by atoms with E-state index in [1.165, 1.54) is 0 Å². The van der Waals surface area contributed by atoms with Gasteiger partial charge >= 0.3 is 5.97 Å². The van der Waals surface area contributed by atoms with Crippen LogP contribution >= 0.6 is 0 Å². The first kappa shape index (κ1) is 18.7. The van der Waals surface area contributed by atoms with Crippen molar-refractivity contribution in [2.75, 3.05) is 19.8 Å². The normalized spacial score (nSPS) is 12.4. The van der Waals surface area contributed by atoms with Gasteiger partial charge in [-0.05, 0) is 42.3 Å². The van der Waals surface area contributed by atoms with Gasteiger partial charge in [0.2, 0.25) is 0 Å².